The van der Waals surface area contributed by atoms with Crippen molar-refractivity contribution in [2.45, 2.75) is 70.6 Å². The molecular weight excluding hydrogens is 475 g/mol. The van der Waals surface area contributed by atoms with Gasteiger partial charge in [-0.25, -0.2) is 8.42 Å². The van der Waals surface area contributed by atoms with E-state index >= 15 is 0 Å². The molecule has 0 radical (unpaired) electrons. The summed E-state index contributed by atoms with van der Waals surface area (Å²) < 4.78 is 28.7. The Morgan fingerprint density at radius 3 is 2.27 bits per heavy atom. The summed E-state index contributed by atoms with van der Waals surface area (Å²) in [5, 5.41) is 0.0400. The molecule has 0 bridgehead atoms. The molecule has 0 saturated carbocycles. The first kappa shape index (κ1) is 29.2. The van der Waals surface area contributed by atoms with Gasteiger partial charge in [-0.1, -0.05) is 63.9 Å². The number of rotatable bonds is 8. The molecule has 0 heterocycles. The molecule has 0 amide bonds. The van der Waals surface area contributed by atoms with Crippen molar-refractivity contribution in [3.05, 3.63) is 70.3 Å². The number of nitrogens with zero attached hydrogens (tertiary/aromatic N) is 1. The van der Waals surface area contributed by atoms with Gasteiger partial charge in [0.25, 0.3) is 10.0 Å². The maximum Gasteiger partial charge on any atom is 0.261 e. The number of anilines is 1. The van der Waals surface area contributed by atoms with Gasteiger partial charge in [0, 0.05) is 17.8 Å². The maximum atomic E-state index is 13.0. The number of benzene rings is 2. The number of halogens is 2. The molecule has 33 heavy (non-hydrogen) atoms. The van der Waals surface area contributed by atoms with Gasteiger partial charge in [-0.3, -0.25) is 9.71 Å². The minimum absolute atomic E-state index is 0.0574. The molecule has 4 nitrogen and oxygen atoms in total. The van der Waals surface area contributed by atoms with Gasteiger partial charge in [0.2, 0.25) is 0 Å². The summed E-state index contributed by atoms with van der Waals surface area (Å²) in [5.41, 5.74) is 3.08. The van der Waals surface area contributed by atoms with Crippen LogP contribution in [-0.4, -0.2) is 21.2 Å². The minimum Gasteiger partial charge on any atom is -0.293 e. The van der Waals surface area contributed by atoms with Crippen LogP contribution in [-0.2, 0) is 15.4 Å². The highest BCUT2D eigenvalue weighted by molar-refractivity contribution is 7.92. The van der Waals surface area contributed by atoms with Crippen LogP contribution in [0.4, 0.5) is 5.69 Å². The number of sulfonamides is 1. The lowest BCUT2D eigenvalue weighted by molar-refractivity contribution is 0.587. The zero-order valence-electron chi connectivity index (χ0n) is 20.6. The third-order valence-electron chi connectivity index (χ3n) is 4.77. The van der Waals surface area contributed by atoms with Gasteiger partial charge in [0.1, 0.15) is 0 Å². The maximum absolute atomic E-state index is 13.0. The molecule has 0 aliphatic carbocycles. The van der Waals surface area contributed by atoms with E-state index in [0.717, 1.165) is 11.1 Å². The monoisotopic (exact) mass is 510 g/mol. The van der Waals surface area contributed by atoms with Gasteiger partial charge in [-0.15, -0.1) is 11.6 Å². The molecule has 0 aliphatic heterocycles. The molecule has 0 aromatic heterocycles. The Hall–Kier alpha value is -1.82. The summed E-state index contributed by atoms with van der Waals surface area (Å²) in [7, 11) is -3.78. The summed E-state index contributed by atoms with van der Waals surface area (Å²) in [6.45, 7) is 14.9. The van der Waals surface area contributed by atoms with E-state index in [1.807, 2.05) is 45.9 Å². The first-order valence-electron chi connectivity index (χ1n) is 11.2. The molecule has 2 aromatic carbocycles. The molecule has 1 N–H and O–H groups in total. The van der Waals surface area contributed by atoms with Crippen molar-refractivity contribution in [2.75, 3.05) is 11.3 Å². The summed E-state index contributed by atoms with van der Waals surface area (Å²) in [6, 6.07) is 11.9. The third-order valence-corrected chi connectivity index (χ3v) is 6.78. The molecule has 0 aliphatic rings. The van der Waals surface area contributed by atoms with E-state index < -0.39 is 15.4 Å². The molecule has 0 fully saturated rings. The van der Waals surface area contributed by atoms with E-state index in [9.17, 15) is 8.42 Å². The number of allylic oxidation sites excluding steroid dienone is 2. The summed E-state index contributed by atoms with van der Waals surface area (Å²) in [4.78, 5) is 4.36. The Labute approximate surface area is 210 Å². The van der Waals surface area contributed by atoms with Crippen LogP contribution >= 0.6 is 23.2 Å². The Morgan fingerprint density at radius 1 is 1.12 bits per heavy atom. The van der Waals surface area contributed by atoms with Gasteiger partial charge in [0.05, 0.1) is 16.0 Å². The van der Waals surface area contributed by atoms with Crippen molar-refractivity contribution in [1.29, 1.82) is 0 Å². The number of aliphatic imine (C=N–C) groups is 1. The average Bonchev–Trinajstić information content (AvgIpc) is 2.76. The molecule has 2 aromatic rings. The van der Waals surface area contributed by atoms with Crippen LogP contribution in [0.3, 0.4) is 0 Å². The van der Waals surface area contributed by atoms with Crippen LogP contribution in [0.5, 0.6) is 0 Å². The quantitative estimate of drug-likeness (QED) is 0.287. The highest BCUT2D eigenvalue weighted by Gasteiger charge is 2.21. The molecule has 0 saturated heterocycles. The number of nitrogens with one attached hydrogen (secondary N) is 1. The Morgan fingerprint density at radius 2 is 1.73 bits per heavy atom. The largest absolute Gasteiger partial charge is 0.293 e. The lowest BCUT2D eigenvalue weighted by atomic mass is 9.87. The van der Waals surface area contributed by atoms with Crippen LogP contribution in [0.2, 0.25) is 5.02 Å². The van der Waals surface area contributed by atoms with Crippen LogP contribution in [0.1, 0.15) is 71.4 Å². The Balaban J connectivity index is 0.00000265. The van der Waals surface area contributed by atoms with E-state index in [-0.39, 0.29) is 10.3 Å². The van der Waals surface area contributed by atoms with Crippen LogP contribution in [0.15, 0.2) is 64.0 Å². The van der Waals surface area contributed by atoms with Gasteiger partial charge >= 0.3 is 0 Å². The zero-order chi connectivity index (χ0) is 25.2. The molecule has 2 rings (SSSR count). The van der Waals surface area contributed by atoms with E-state index in [1.54, 1.807) is 36.5 Å². The SMILES string of the molecule is CC.CCN=C/C=C(\C)CC(Cl)c1cc(Cl)ccc1NS(=O)(=O)c1ccc(C(C)(C)C)cc1. The van der Waals surface area contributed by atoms with Crippen molar-refractivity contribution in [2.24, 2.45) is 4.99 Å². The van der Waals surface area contributed by atoms with Gasteiger partial charge in [-0.2, -0.15) is 0 Å². The number of hydrogen-bond donors (Lipinski definition) is 1. The second kappa shape index (κ2) is 13.2. The van der Waals surface area contributed by atoms with Crippen LogP contribution in [0, 0.1) is 0 Å². The molecule has 1 unspecified atom stereocenters. The predicted molar refractivity (Wildman–Crippen MR) is 145 cm³/mol. The Kier molecular flexibility index (Phi) is 11.7. The average molecular weight is 512 g/mol. The summed E-state index contributed by atoms with van der Waals surface area (Å²) >= 11 is 12.8. The van der Waals surface area contributed by atoms with Crippen molar-refractivity contribution >= 4 is 45.1 Å². The molecule has 7 heteroatoms. The zero-order valence-corrected chi connectivity index (χ0v) is 22.9. The number of alkyl halides is 1. The standard InChI is InChI=1S/C24H30Cl2N2O2S.C2H6/c1-6-27-14-13-17(2)15-22(26)21-16-19(25)9-12-23(21)28-31(29,30)20-10-7-18(8-11-20)24(3,4)5;1-2/h7-14,16,22,28H,6,15H2,1-5H3;1-2H3/b17-13+,27-14?;. The fourth-order valence-electron chi connectivity index (χ4n) is 2.97. The fraction of sp³-hybridized carbons (Fsp3) is 0.423. The van der Waals surface area contributed by atoms with E-state index in [2.05, 4.69) is 30.5 Å². The van der Waals surface area contributed by atoms with E-state index in [4.69, 9.17) is 23.2 Å². The molecular formula is C26H36Cl2N2O2S. The highest BCUT2D eigenvalue weighted by Crippen LogP contribution is 2.36. The van der Waals surface area contributed by atoms with E-state index in [0.29, 0.717) is 29.2 Å². The van der Waals surface area contributed by atoms with Gasteiger partial charge < -0.3 is 0 Å². The topological polar surface area (TPSA) is 58.5 Å². The first-order valence-corrected chi connectivity index (χ1v) is 13.5. The van der Waals surface area contributed by atoms with Crippen LogP contribution < -0.4 is 4.72 Å². The second-order valence-electron chi connectivity index (χ2n) is 8.44. The van der Waals surface area contributed by atoms with Crippen molar-refractivity contribution in [3.8, 4) is 0 Å². The van der Waals surface area contributed by atoms with Crippen LogP contribution in [0.25, 0.3) is 0 Å². The van der Waals surface area contributed by atoms with Gasteiger partial charge in [0.15, 0.2) is 0 Å². The van der Waals surface area contributed by atoms with E-state index in [1.165, 1.54) is 0 Å². The third kappa shape index (κ3) is 9.15. The van der Waals surface area contributed by atoms with Crippen molar-refractivity contribution in [3.63, 3.8) is 0 Å². The smallest absolute Gasteiger partial charge is 0.261 e. The Bertz CT molecular complexity index is 1050. The van der Waals surface area contributed by atoms with Gasteiger partial charge in [-0.05, 0) is 73.2 Å². The van der Waals surface area contributed by atoms with Crippen molar-refractivity contribution in [1.82, 2.24) is 0 Å². The van der Waals surface area contributed by atoms with Crippen molar-refractivity contribution < 1.29 is 8.42 Å². The molecule has 182 valence electrons. The first-order chi connectivity index (χ1) is 15.4. The molecule has 1 atom stereocenters. The highest BCUT2D eigenvalue weighted by atomic mass is 35.5. The fourth-order valence-corrected chi connectivity index (χ4v) is 4.66. The predicted octanol–water partition coefficient (Wildman–Crippen LogP) is 8.17. The number of hydrogen-bond acceptors (Lipinski definition) is 3. The normalized spacial score (nSPS) is 13.4. The second-order valence-corrected chi connectivity index (χ2v) is 11.1. The summed E-state index contributed by atoms with van der Waals surface area (Å²) in [5.74, 6) is 0. The lowest BCUT2D eigenvalue weighted by Gasteiger charge is -2.20. The molecule has 0 spiro atoms. The summed E-state index contributed by atoms with van der Waals surface area (Å²) in [6.07, 6.45) is 4.19. The lowest BCUT2D eigenvalue weighted by Crippen LogP contribution is -2.16. The minimum atomic E-state index is -3.78.